The molecule has 0 bridgehead atoms. The lowest BCUT2D eigenvalue weighted by Gasteiger charge is -2.35. The molecule has 1 unspecified atom stereocenters. The average molecular weight is 348 g/mol. The zero-order valence-corrected chi connectivity index (χ0v) is 15.0. The number of nitrogens with one attached hydrogen (secondary N) is 1. The molecule has 0 radical (unpaired) electrons. The van der Waals surface area contributed by atoms with Crippen LogP contribution in [0.3, 0.4) is 0 Å². The van der Waals surface area contributed by atoms with Gasteiger partial charge in [0, 0.05) is 31.2 Å². The molecule has 1 aliphatic heterocycles. The van der Waals surface area contributed by atoms with Crippen molar-refractivity contribution in [3.8, 4) is 11.5 Å². The predicted octanol–water partition coefficient (Wildman–Crippen LogP) is 1.81. The molecule has 3 rings (SSSR count). The van der Waals surface area contributed by atoms with Crippen LogP contribution < -0.4 is 14.8 Å². The number of carbonyl (C=O) groups is 1. The van der Waals surface area contributed by atoms with Crippen LogP contribution in [-0.2, 0) is 0 Å². The Morgan fingerprint density at radius 1 is 1.32 bits per heavy atom. The maximum absolute atomic E-state index is 12.5. The molecule has 0 spiro atoms. The second-order valence-electron chi connectivity index (χ2n) is 6.99. The minimum atomic E-state index is -0.0773. The molecule has 0 aromatic heterocycles. The van der Waals surface area contributed by atoms with Crippen LogP contribution in [0, 0.1) is 0 Å². The monoisotopic (exact) mass is 348 g/mol. The standard InChI is InChI=1S/C19H28N2O4/c1-13(12-22)21-9-7-15(8-10-21)25-18-11-16(24-2)5-6-17(18)19(23)20-14-3-4-14/h5-6,11,13-15,22H,3-4,7-10,12H2,1-2H3,(H,20,23). The summed E-state index contributed by atoms with van der Waals surface area (Å²) in [5.41, 5.74) is 0.568. The number of ether oxygens (including phenoxy) is 2. The number of benzene rings is 1. The van der Waals surface area contributed by atoms with E-state index in [1.165, 1.54) is 0 Å². The van der Waals surface area contributed by atoms with Crippen LogP contribution in [0.1, 0.15) is 43.0 Å². The van der Waals surface area contributed by atoms with Gasteiger partial charge >= 0.3 is 0 Å². The first-order valence-corrected chi connectivity index (χ1v) is 9.11. The molecule has 2 N–H and O–H groups in total. The summed E-state index contributed by atoms with van der Waals surface area (Å²) in [6.45, 7) is 3.98. The maximum atomic E-state index is 12.5. The number of nitrogens with zero attached hydrogens (tertiary/aromatic N) is 1. The zero-order chi connectivity index (χ0) is 17.8. The molecular formula is C19H28N2O4. The summed E-state index contributed by atoms with van der Waals surface area (Å²) in [6, 6.07) is 5.85. The number of likely N-dealkylation sites (tertiary alicyclic amines) is 1. The van der Waals surface area contributed by atoms with Gasteiger partial charge in [-0.15, -0.1) is 0 Å². The highest BCUT2D eigenvalue weighted by Gasteiger charge is 2.27. The van der Waals surface area contributed by atoms with E-state index in [9.17, 15) is 9.90 Å². The van der Waals surface area contributed by atoms with Crippen molar-refractivity contribution < 1.29 is 19.4 Å². The Morgan fingerprint density at radius 3 is 2.64 bits per heavy atom. The summed E-state index contributed by atoms with van der Waals surface area (Å²) in [5, 5.41) is 12.3. The zero-order valence-electron chi connectivity index (χ0n) is 15.0. The normalized spacial score (nSPS) is 20.1. The number of amides is 1. The number of piperidine rings is 1. The molecule has 2 aliphatic rings. The molecule has 138 valence electrons. The molecule has 6 nitrogen and oxygen atoms in total. The summed E-state index contributed by atoms with van der Waals surface area (Å²) in [7, 11) is 1.61. The third kappa shape index (κ3) is 4.64. The Hall–Kier alpha value is -1.79. The Kier molecular flexibility index (Phi) is 5.81. The predicted molar refractivity (Wildman–Crippen MR) is 95.3 cm³/mol. The SMILES string of the molecule is COc1ccc(C(=O)NC2CC2)c(OC2CCN(C(C)CO)CC2)c1. The topological polar surface area (TPSA) is 71.0 Å². The third-order valence-electron chi connectivity index (χ3n) is 5.00. The molecule has 6 heteroatoms. The fourth-order valence-corrected chi connectivity index (χ4v) is 3.13. The van der Waals surface area contributed by atoms with Crippen LogP contribution in [-0.4, -0.2) is 60.9 Å². The van der Waals surface area contributed by atoms with Gasteiger partial charge in [0.2, 0.25) is 0 Å². The summed E-state index contributed by atoms with van der Waals surface area (Å²) in [6.07, 6.45) is 3.94. The van der Waals surface area contributed by atoms with Gasteiger partial charge in [0.25, 0.3) is 5.91 Å². The van der Waals surface area contributed by atoms with Gasteiger partial charge in [-0.3, -0.25) is 9.69 Å². The summed E-state index contributed by atoms with van der Waals surface area (Å²) in [5.74, 6) is 1.20. The van der Waals surface area contributed by atoms with Gasteiger partial charge in [0.15, 0.2) is 0 Å². The highest BCUT2D eigenvalue weighted by atomic mass is 16.5. The number of hydrogen-bond acceptors (Lipinski definition) is 5. The molecule has 2 fully saturated rings. The minimum Gasteiger partial charge on any atom is -0.497 e. The molecule has 1 saturated carbocycles. The number of aliphatic hydroxyl groups is 1. The van der Waals surface area contributed by atoms with Crippen molar-refractivity contribution >= 4 is 5.91 Å². The van der Waals surface area contributed by atoms with E-state index in [2.05, 4.69) is 10.2 Å². The smallest absolute Gasteiger partial charge is 0.255 e. The van der Waals surface area contributed by atoms with E-state index in [1.807, 2.05) is 6.92 Å². The van der Waals surface area contributed by atoms with Crippen molar-refractivity contribution in [1.29, 1.82) is 0 Å². The summed E-state index contributed by atoms with van der Waals surface area (Å²) >= 11 is 0. The highest BCUT2D eigenvalue weighted by Crippen LogP contribution is 2.29. The van der Waals surface area contributed by atoms with E-state index in [4.69, 9.17) is 9.47 Å². The molecule has 1 aromatic carbocycles. The van der Waals surface area contributed by atoms with E-state index in [0.717, 1.165) is 38.8 Å². The largest absolute Gasteiger partial charge is 0.497 e. The van der Waals surface area contributed by atoms with Crippen LogP contribution in [0.5, 0.6) is 11.5 Å². The maximum Gasteiger partial charge on any atom is 0.255 e. The van der Waals surface area contributed by atoms with Crippen molar-refractivity contribution in [1.82, 2.24) is 10.2 Å². The van der Waals surface area contributed by atoms with Gasteiger partial charge < -0.3 is 19.9 Å². The van der Waals surface area contributed by atoms with Crippen molar-refractivity contribution in [2.45, 2.75) is 50.8 Å². The molecule has 1 amide bonds. The average Bonchev–Trinajstić information content (AvgIpc) is 3.45. The molecule has 1 heterocycles. The number of carbonyl (C=O) groups excluding carboxylic acids is 1. The van der Waals surface area contributed by atoms with Gasteiger partial charge in [-0.2, -0.15) is 0 Å². The first-order chi connectivity index (χ1) is 12.1. The lowest BCUT2D eigenvalue weighted by molar-refractivity contribution is 0.0586. The van der Waals surface area contributed by atoms with Gasteiger partial charge in [-0.05, 0) is 44.7 Å². The van der Waals surface area contributed by atoms with E-state index in [-0.39, 0.29) is 24.7 Å². The van der Waals surface area contributed by atoms with Crippen molar-refractivity contribution in [3.63, 3.8) is 0 Å². The second kappa shape index (κ2) is 8.06. The summed E-state index contributed by atoms with van der Waals surface area (Å²) in [4.78, 5) is 14.7. The Labute approximate surface area is 149 Å². The third-order valence-corrected chi connectivity index (χ3v) is 5.00. The van der Waals surface area contributed by atoms with Crippen molar-refractivity contribution in [3.05, 3.63) is 23.8 Å². The van der Waals surface area contributed by atoms with Crippen LogP contribution in [0.4, 0.5) is 0 Å². The van der Waals surface area contributed by atoms with Crippen molar-refractivity contribution in [2.24, 2.45) is 0 Å². The first-order valence-electron chi connectivity index (χ1n) is 9.11. The molecule has 1 aliphatic carbocycles. The van der Waals surface area contributed by atoms with Gasteiger partial charge in [0.1, 0.15) is 17.6 Å². The number of methoxy groups -OCH3 is 1. The van der Waals surface area contributed by atoms with Gasteiger partial charge in [-0.1, -0.05) is 0 Å². The Bertz CT molecular complexity index is 595. The summed E-state index contributed by atoms with van der Waals surface area (Å²) < 4.78 is 11.5. The van der Waals surface area contributed by atoms with E-state index >= 15 is 0 Å². The molecule has 1 atom stereocenters. The molecular weight excluding hydrogens is 320 g/mol. The van der Waals surface area contributed by atoms with Crippen LogP contribution in [0.2, 0.25) is 0 Å². The lowest BCUT2D eigenvalue weighted by atomic mass is 10.1. The lowest BCUT2D eigenvalue weighted by Crippen LogP contribution is -2.44. The van der Waals surface area contributed by atoms with Crippen LogP contribution >= 0.6 is 0 Å². The molecule has 1 saturated heterocycles. The van der Waals surface area contributed by atoms with Crippen LogP contribution in [0.15, 0.2) is 18.2 Å². The second-order valence-corrected chi connectivity index (χ2v) is 6.99. The number of aliphatic hydroxyl groups excluding tert-OH is 1. The quantitative estimate of drug-likeness (QED) is 0.786. The highest BCUT2D eigenvalue weighted by molar-refractivity contribution is 5.97. The van der Waals surface area contributed by atoms with Gasteiger partial charge in [0.05, 0.1) is 19.3 Å². The van der Waals surface area contributed by atoms with E-state index in [0.29, 0.717) is 23.1 Å². The Morgan fingerprint density at radius 2 is 2.04 bits per heavy atom. The van der Waals surface area contributed by atoms with Crippen molar-refractivity contribution in [2.75, 3.05) is 26.8 Å². The first kappa shape index (κ1) is 18.0. The van der Waals surface area contributed by atoms with Gasteiger partial charge in [-0.25, -0.2) is 0 Å². The number of rotatable bonds is 7. The van der Waals surface area contributed by atoms with E-state index in [1.54, 1.807) is 25.3 Å². The van der Waals surface area contributed by atoms with Crippen LogP contribution in [0.25, 0.3) is 0 Å². The fourth-order valence-electron chi connectivity index (χ4n) is 3.13. The molecule has 25 heavy (non-hydrogen) atoms. The Balaban J connectivity index is 1.67. The number of hydrogen-bond donors (Lipinski definition) is 2. The molecule has 1 aromatic rings. The minimum absolute atomic E-state index is 0.0710. The fraction of sp³-hybridized carbons (Fsp3) is 0.632. The van der Waals surface area contributed by atoms with E-state index < -0.39 is 0 Å².